The molecule has 1 heterocycles. The van der Waals surface area contributed by atoms with Gasteiger partial charge < -0.3 is 15.4 Å². The summed E-state index contributed by atoms with van der Waals surface area (Å²) in [5.41, 5.74) is 5.74. The largest absolute Gasteiger partial charge is 0.444 e. The number of hydrogen-bond donors (Lipinski definition) is 1. The van der Waals surface area contributed by atoms with Crippen molar-refractivity contribution in [2.45, 2.75) is 51.7 Å². The third-order valence-electron chi connectivity index (χ3n) is 3.59. The number of rotatable bonds is 1. The number of piperidine rings is 1. The minimum atomic E-state index is -0.422. The van der Waals surface area contributed by atoms with Gasteiger partial charge in [0.25, 0.3) is 0 Å². The number of carbonyl (C=O) groups is 1. The van der Waals surface area contributed by atoms with Gasteiger partial charge in [-0.1, -0.05) is 0 Å². The summed E-state index contributed by atoms with van der Waals surface area (Å²) in [6, 6.07) is 0.128. The minimum absolute atomic E-state index is 0.128. The zero-order valence-electron chi connectivity index (χ0n) is 11.1. The highest BCUT2D eigenvalue weighted by Gasteiger charge is 2.39. The van der Waals surface area contributed by atoms with Gasteiger partial charge in [-0.2, -0.15) is 0 Å². The fourth-order valence-corrected chi connectivity index (χ4v) is 2.60. The molecule has 2 unspecified atom stereocenters. The van der Waals surface area contributed by atoms with Crippen LogP contribution in [0, 0.1) is 11.8 Å². The second kappa shape index (κ2) is 4.48. The first-order valence-electron chi connectivity index (χ1n) is 6.60. The van der Waals surface area contributed by atoms with E-state index in [2.05, 4.69) is 0 Å². The molecular weight excluding hydrogens is 216 g/mol. The quantitative estimate of drug-likeness (QED) is 0.762. The topological polar surface area (TPSA) is 55.6 Å². The second-order valence-corrected chi connectivity index (χ2v) is 6.38. The van der Waals surface area contributed by atoms with Crippen molar-refractivity contribution >= 4 is 6.09 Å². The van der Waals surface area contributed by atoms with Crippen molar-refractivity contribution in [3.63, 3.8) is 0 Å². The number of nitrogens with two attached hydrogens (primary N) is 1. The Kier molecular flexibility index (Phi) is 3.34. The summed E-state index contributed by atoms with van der Waals surface area (Å²) in [6.45, 7) is 7.12. The lowest BCUT2D eigenvalue weighted by atomic mass is 9.88. The molecule has 2 fully saturated rings. The molecule has 2 N–H and O–H groups in total. The van der Waals surface area contributed by atoms with E-state index < -0.39 is 5.60 Å². The van der Waals surface area contributed by atoms with Gasteiger partial charge in [-0.05, 0) is 51.9 Å². The third kappa shape index (κ3) is 3.35. The van der Waals surface area contributed by atoms with Crippen molar-refractivity contribution in [3.05, 3.63) is 0 Å². The first-order chi connectivity index (χ1) is 7.87. The highest BCUT2D eigenvalue weighted by molar-refractivity contribution is 5.68. The van der Waals surface area contributed by atoms with Gasteiger partial charge >= 0.3 is 6.09 Å². The van der Waals surface area contributed by atoms with Crippen LogP contribution in [0.15, 0.2) is 0 Å². The predicted octanol–water partition coefficient (Wildman–Crippen LogP) is 1.98. The lowest BCUT2D eigenvalue weighted by Crippen LogP contribution is -2.52. The van der Waals surface area contributed by atoms with Crippen LogP contribution in [0.4, 0.5) is 4.79 Å². The molecule has 0 radical (unpaired) electrons. The molecule has 1 saturated heterocycles. The summed E-state index contributed by atoms with van der Waals surface area (Å²) in [6.07, 6.45) is 3.46. The molecule has 1 amide bonds. The van der Waals surface area contributed by atoms with Gasteiger partial charge in [0.15, 0.2) is 0 Å². The Balaban J connectivity index is 1.85. The van der Waals surface area contributed by atoms with Gasteiger partial charge in [-0.15, -0.1) is 0 Å². The highest BCUT2D eigenvalue weighted by atomic mass is 16.6. The molecule has 0 aromatic heterocycles. The van der Waals surface area contributed by atoms with E-state index in [-0.39, 0.29) is 12.1 Å². The van der Waals surface area contributed by atoms with E-state index in [0.717, 1.165) is 18.9 Å². The molecule has 0 spiro atoms. The molecule has 2 atom stereocenters. The Morgan fingerprint density at radius 1 is 1.29 bits per heavy atom. The fourth-order valence-electron chi connectivity index (χ4n) is 2.60. The van der Waals surface area contributed by atoms with Gasteiger partial charge in [0.1, 0.15) is 5.60 Å². The van der Waals surface area contributed by atoms with Crippen LogP contribution < -0.4 is 5.73 Å². The second-order valence-electron chi connectivity index (χ2n) is 6.38. The molecule has 0 aromatic carbocycles. The molecular formula is C13H24N2O2. The van der Waals surface area contributed by atoms with Crippen LogP contribution in [0.2, 0.25) is 0 Å². The Labute approximate surface area is 103 Å². The summed E-state index contributed by atoms with van der Waals surface area (Å²) in [7, 11) is 0. The molecule has 98 valence electrons. The van der Waals surface area contributed by atoms with E-state index in [1.165, 1.54) is 12.8 Å². The van der Waals surface area contributed by atoms with Crippen molar-refractivity contribution in [2.75, 3.05) is 13.1 Å². The Hall–Kier alpha value is -0.770. The Bertz CT molecular complexity index is 294. The SMILES string of the molecule is CC(C)(C)OC(=O)N1CCC(C2CC2)C(N)C1. The van der Waals surface area contributed by atoms with Crippen molar-refractivity contribution in [1.29, 1.82) is 0 Å². The van der Waals surface area contributed by atoms with E-state index in [1.807, 2.05) is 20.8 Å². The number of likely N-dealkylation sites (tertiary alicyclic amines) is 1. The van der Waals surface area contributed by atoms with Gasteiger partial charge in [0.05, 0.1) is 0 Å². The van der Waals surface area contributed by atoms with Gasteiger partial charge in [-0.25, -0.2) is 4.79 Å². The van der Waals surface area contributed by atoms with Gasteiger partial charge in [0.2, 0.25) is 0 Å². The van der Waals surface area contributed by atoms with E-state index in [9.17, 15) is 4.79 Å². The zero-order chi connectivity index (χ0) is 12.6. The maximum atomic E-state index is 11.9. The standard InChI is InChI=1S/C13H24N2O2/c1-13(2,3)17-12(16)15-7-6-10(9-4-5-9)11(14)8-15/h9-11H,4-8,14H2,1-3H3. The molecule has 1 aliphatic heterocycles. The highest BCUT2D eigenvalue weighted by Crippen LogP contribution is 2.41. The van der Waals surface area contributed by atoms with Gasteiger partial charge in [0, 0.05) is 19.1 Å². The van der Waals surface area contributed by atoms with E-state index in [4.69, 9.17) is 10.5 Å². The molecule has 2 rings (SSSR count). The van der Waals surface area contributed by atoms with Crippen LogP contribution >= 0.6 is 0 Å². The molecule has 0 bridgehead atoms. The molecule has 4 heteroatoms. The monoisotopic (exact) mass is 240 g/mol. The van der Waals surface area contributed by atoms with E-state index in [0.29, 0.717) is 12.5 Å². The van der Waals surface area contributed by atoms with Crippen molar-refractivity contribution in [1.82, 2.24) is 4.90 Å². The minimum Gasteiger partial charge on any atom is -0.444 e. The van der Waals surface area contributed by atoms with Gasteiger partial charge in [-0.3, -0.25) is 0 Å². The van der Waals surface area contributed by atoms with E-state index in [1.54, 1.807) is 4.90 Å². The number of nitrogens with zero attached hydrogens (tertiary/aromatic N) is 1. The van der Waals surface area contributed by atoms with Crippen molar-refractivity contribution in [2.24, 2.45) is 17.6 Å². The smallest absolute Gasteiger partial charge is 0.410 e. The summed E-state index contributed by atoms with van der Waals surface area (Å²) < 4.78 is 5.37. The Morgan fingerprint density at radius 3 is 2.41 bits per heavy atom. The number of carbonyl (C=O) groups excluding carboxylic acids is 1. The lowest BCUT2D eigenvalue weighted by molar-refractivity contribution is 0.0149. The average Bonchev–Trinajstić information content (AvgIpc) is 2.98. The fraction of sp³-hybridized carbons (Fsp3) is 0.923. The normalized spacial score (nSPS) is 30.2. The van der Waals surface area contributed by atoms with Crippen LogP contribution in [0.5, 0.6) is 0 Å². The van der Waals surface area contributed by atoms with Crippen LogP contribution in [0.1, 0.15) is 40.0 Å². The van der Waals surface area contributed by atoms with Crippen molar-refractivity contribution in [3.8, 4) is 0 Å². The molecule has 0 aromatic rings. The Morgan fingerprint density at radius 2 is 1.94 bits per heavy atom. The maximum absolute atomic E-state index is 11.9. The number of ether oxygens (including phenoxy) is 1. The summed E-state index contributed by atoms with van der Waals surface area (Å²) in [5.74, 6) is 1.44. The summed E-state index contributed by atoms with van der Waals surface area (Å²) in [4.78, 5) is 13.7. The zero-order valence-corrected chi connectivity index (χ0v) is 11.1. The first-order valence-corrected chi connectivity index (χ1v) is 6.60. The van der Waals surface area contributed by atoms with E-state index >= 15 is 0 Å². The molecule has 17 heavy (non-hydrogen) atoms. The lowest BCUT2D eigenvalue weighted by Gasteiger charge is -2.37. The third-order valence-corrected chi connectivity index (χ3v) is 3.59. The first kappa shape index (κ1) is 12.7. The number of amides is 1. The van der Waals surface area contributed by atoms with Crippen LogP contribution in [0.3, 0.4) is 0 Å². The average molecular weight is 240 g/mol. The summed E-state index contributed by atoms with van der Waals surface area (Å²) in [5, 5.41) is 0. The predicted molar refractivity (Wildman–Crippen MR) is 66.6 cm³/mol. The van der Waals surface area contributed by atoms with Crippen LogP contribution in [-0.2, 0) is 4.74 Å². The summed E-state index contributed by atoms with van der Waals surface area (Å²) >= 11 is 0. The van der Waals surface area contributed by atoms with Crippen molar-refractivity contribution < 1.29 is 9.53 Å². The maximum Gasteiger partial charge on any atom is 0.410 e. The molecule has 2 aliphatic rings. The number of hydrogen-bond acceptors (Lipinski definition) is 3. The molecule has 1 aliphatic carbocycles. The molecule has 4 nitrogen and oxygen atoms in total. The molecule has 1 saturated carbocycles. The van der Waals surface area contributed by atoms with Crippen LogP contribution in [-0.4, -0.2) is 35.7 Å². The van der Waals surface area contributed by atoms with Crippen LogP contribution in [0.25, 0.3) is 0 Å².